The molecule has 3 heteroatoms. The van der Waals surface area contributed by atoms with Crippen LogP contribution in [0.5, 0.6) is 0 Å². The van der Waals surface area contributed by atoms with Gasteiger partial charge in [-0.15, -0.1) is 0 Å². The number of hydrogen-bond acceptors (Lipinski definition) is 3. The lowest BCUT2D eigenvalue weighted by atomic mass is 10.0. The molecule has 0 atom stereocenters. The second-order valence-electron chi connectivity index (χ2n) is 13.8. The smallest absolute Gasteiger partial charge is 0.234 e. The van der Waals surface area contributed by atoms with Gasteiger partial charge in [0, 0.05) is 6.61 Å². The van der Waals surface area contributed by atoms with E-state index in [1.165, 1.54) is 225 Å². The van der Waals surface area contributed by atoms with Crippen LogP contribution < -0.4 is 0 Å². The Balaban J connectivity index is 3.03. The number of carbonyl (C=O) groups excluding carboxylic acids is 1. The predicted octanol–water partition coefficient (Wildman–Crippen LogP) is 13.7. The summed E-state index contributed by atoms with van der Waals surface area (Å²) in [6.07, 6.45) is 53.6. The molecule has 0 bridgehead atoms. The van der Waals surface area contributed by atoms with E-state index in [0.717, 1.165) is 12.8 Å². The highest BCUT2D eigenvalue weighted by atomic mass is 16.2. The zero-order chi connectivity index (χ0) is 31.0. The fraction of sp³-hybridized carbons (Fsp3) is 0.975. The Hall–Kier alpha value is -0.660. The lowest BCUT2D eigenvalue weighted by Crippen LogP contribution is -1.85. The molecule has 0 aromatic heterocycles. The first-order chi connectivity index (χ1) is 21.4. The molecule has 0 aliphatic heterocycles. The lowest BCUT2D eigenvalue weighted by molar-refractivity contribution is 0.282. The standard InChI is InChI=1S/C40H79NO2/c42-39-37-35-33-31-29-27-25-23-21-19-17-15-13-11-9-7-5-3-1-2-4-6-8-10-12-14-16-18-20-22-24-26-28-30-32-34-36-38-41-40-43/h42H,1-39H2. The molecule has 43 heavy (non-hydrogen) atoms. The maximum atomic E-state index is 10.0. The summed E-state index contributed by atoms with van der Waals surface area (Å²) in [7, 11) is 0. The van der Waals surface area contributed by atoms with Crippen molar-refractivity contribution in [3.63, 3.8) is 0 Å². The monoisotopic (exact) mass is 606 g/mol. The molecule has 0 unspecified atom stereocenters. The van der Waals surface area contributed by atoms with E-state index >= 15 is 0 Å². The molecular weight excluding hydrogens is 526 g/mol. The van der Waals surface area contributed by atoms with Crippen molar-refractivity contribution in [2.45, 2.75) is 238 Å². The van der Waals surface area contributed by atoms with Crippen molar-refractivity contribution < 1.29 is 9.90 Å². The van der Waals surface area contributed by atoms with E-state index in [9.17, 15) is 4.79 Å². The van der Waals surface area contributed by atoms with Crippen molar-refractivity contribution in [1.82, 2.24) is 0 Å². The second-order valence-corrected chi connectivity index (χ2v) is 13.8. The van der Waals surface area contributed by atoms with Gasteiger partial charge in [-0.2, -0.15) is 0 Å². The van der Waals surface area contributed by atoms with Gasteiger partial charge in [-0.25, -0.2) is 9.79 Å². The van der Waals surface area contributed by atoms with E-state index in [0.29, 0.717) is 13.2 Å². The van der Waals surface area contributed by atoms with Crippen molar-refractivity contribution in [2.75, 3.05) is 13.2 Å². The van der Waals surface area contributed by atoms with Crippen LogP contribution >= 0.6 is 0 Å². The second kappa shape index (κ2) is 41.3. The summed E-state index contributed by atoms with van der Waals surface area (Å²) < 4.78 is 0. The Morgan fingerprint density at radius 2 is 0.442 bits per heavy atom. The molecular formula is C40H79NO2. The minimum Gasteiger partial charge on any atom is -0.396 e. The summed E-state index contributed by atoms with van der Waals surface area (Å²) in [6, 6.07) is 0. The van der Waals surface area contributed by atoms with Gasteiger partial charge in [-0.3, -0.25) is 0 Å². The fourth-order valence-electron chi connectivity index (χ4n) is 6.54. The molecule has 3 nitrogen and oxygen atoms in total. The number of nitrogens with zero attached hydrogens (tertiary/aromatic N) is 1. The zero-order valence-electron chi connectivity index (χ0n) is 29.4. The topological polar surface area (TPSA) is 49.7 Å². The molecule has 0 fully saturated rings. The summed E-state index contributed by atoms with van der Waals surface area (Å²) in [4.78, 5) is 13.6. The van der Waals surface area contributed by atoms with Gasteiger partial charge < -0.3 is 5.11 Å². The van der Waals surface area contributed by atoms with Crippen LogP contribution in [-0.4, -0.2) is 24.3 Å². The Morgan fingerprint density at radius 1 is 0.279 bits per heavy atom. The van der Waals surface area contributed by atoms with Gasteiger partial charge in [0.05, 0.1) is 6.54 Å². The van der Waals surface area contributed by atoms with Gasteiger partial charge in [0.2, 0.25) is 6.08 Å². The lowest BCUT2D eigenvalue weighted by Gasteiger charge is -2.05. The van der Waals surface area contributed by atoms with Crippen molar-refractivity contribution >= 4 is 6.08 Å². The fourth-order valence-corrected chi connectivity index (χ4v) is 6.54. The molecule has 0 rings (SSSR count). The number of rotatable bonds is 39. The van der Waals surface area contributed by atoms with Crippen LogP contribution in [0.3, 0.4) is 0 Å². The SMILES string of the molecule is O=C=NCCCCCCCCCCCCCCCCCCCCCCCCCCCCCCCCCCCCCCCO. The molecule has 0 saturated heterocycles. The van der Waals surface area contributed by atoms with Gasteiger partial charge in [-0.05, 0) is 12.8 Å². The molecule has 0 spiro atoms. The molecule has 0 aliphatic carbocycles. The average molecular weight is 606 g/mol. The summed E-state index contributed by atoms with van der Waals surface area (Å²) >= 11 is 0. The van der Waals surface area contributed by atoms with E-state index in [1.807, 2.05) is 0 Å². The third-order valence-electron chi connectivity index (χ3n) is 9.49. The maximum absolute atomic E-state index is 10.0. The van der Waals surface area contributed by atoms with Crippen LogP contribution in [0.25, 0.3) is 0 Å². The zero-order valence-corrected chi connectivity index (χ0v) is 29.4. The van der Waals surface area contributed by atoms with Gasteiger partial charge in [0.1, 0.15) is 0 Å². The van der Waals surface area contributed by atoms with Crippen molar-refractivity contribution in [3.05, 3.63) is 0 Å². The van der Waals surface area contributed by atoms with Crippen molar-refractivity contribution in [1.29, 1.82) is 0 Å². The first-order valence-electron chi connectivity index (χ1n) is 20.1. The van der Waals surface area contributed by atoms with Crippen LogP contribution in [0.1, 0.15) is 238 Å². The summed E-state index contributed by atoms with van der Waals surface area (Å²) in [5.41, 5.74) is 0. The molecule has 256 valence electrons. The van der Waals surface area contributed by atoms with Gasteiger partial charge in [0.25, 0.3) is 0 Å². The van der Waals surface area contributed by atoms with Crippen LogP contribution in [-0.2, 0) is 4.79 Å². The number of aliphatic imine (C=N–C) groups is 1. The molecule has 1 N–H and O–H groups in total. The number of hydrogen-bond donors (Lipinski definition) is 1. The molecule has 0 radical (unpaired) electrons. The third kappa shape index (κ3) is 41.3. The number of aliphatic hydroxyl groups excluding tert-OH is 1. The highest BCUT2D eigenvalue weighted by Gasteiger charge is 1.98. The first-order valence-corrected chi connectivity index (χ1v) is 20.1. The number of unbranched alkanes of at least 4 members (excludes halogenated alkanes) is 36. The quantitative estimate of drug-likeness (QED) is 0.0430. The van der Waals surface area contributed by atoms with Crippen LogP contribution in [0.4, 0.5) is 0 Å². The van der Waals surface area contributed by atoms with Gasteiger partial charge in [0.15, 0.2) is 0 Å². The van der Waals surface area contributed by atoms with Gasteiger partial charge in [-0.1, -0.05) is 225 Å². The van der Waals surface area contributed by atoms with E-state index in [2.05, 4.69) is 4.99 Å². The predicted molar refractivity (Wildman–Crippen MR) is 191 cm³/mol. The van der Waals surface area contributed by atoms with E-state index < -0.39 is 0 Å². The largest absolute Gasteiger partial charge is 0.396 e. The molecule has 0 aliphatic rings. The molecule has 0 aromatic carbocycles. The van der Waals surface area contributed by atoms with E-state index in [4.69, 9.17) is 5.11 Å². The summed E-state index contributed by atoms with van der Waals surface area (Å²) in [5.74, 6) is 0. The number of aliphatic hydroxyl groups is 1. The highest BCUT2D eigenvalue weighted by molar-refractivity contribution is 5.32. The summed E-state index contributed by atoms with van der Waals surface area (Å²) in [6.45, 7) is 1.04. The van der Waals surface area contributed by atoms with Crippen molar-refractivity contribution in [3.8, 4) is 0 Å². The van der Waals surface area contributed by atoms with E-state index in [1.54, 1.807) is 6.08 Å². The third-order valence-corrected chi connectivity index (χ3v) is 9.49. The molecule has 0 aromatic rings. The molecule has 0 heterocycles. The average Bonchev–Trinajstić information content (AvgIpc) is 3.02. The van der Waals surface area contributed by atoms with Crippen molar-refractivity contribution in [2.24, 2.45) is 4.99 Å². The minimum absolute atomic E-state index is 0.370. The maximum Gasteiger partial charge on any atom is 0.234 e. The molecule has 0 saturated carbocycles. The summed E-state index contributed by atoms with van der Waals surface area (Å²) in [5, 5.41) is 8.79. The first kappa shape index (κ1) is 42.3. The Kier molecular flexibility index (Phi) is 40.7. The Bertz CT molecular complexity index is 531. The van der Waals surface area contributed by atoms with Crippen LogP contribution in [0.2, 0.25) is 0 Å². The van der Waals surface area contributed by atoms with E-state index in [-0.39, 0.29) is 0 Å². The Morgan fingerprint density at radius 3 is 0.605 bits per heavy atom. The highest BCUT2D eigenvalue weighted by Crippen LogP contribution is 2.17. The van der Waals surface area contributed by atoms with Crippen LogP contribution in [0.15, 0.2) is 4.99 Å². The van der Waals surface area contributed by atoms with Crippen LogP contribution in [0, 0.1) is 0 Å². The normalized spacial score (nSPS) is 11.3. The minimum atomic E-state index is 0.370. The molecule has 0 amide bonds. The Labute approximate surface area is 271 Å². The number of isocyanates is 1. The van der Waals surface area contributed by atoms with Gasteiger partial charge >= 0.3 is 0 Å².